The molecular weight excluding hydrogens is 328 g/mol. The van der Waals surface area contributed by atoms with Gasteiger partial charge in [0.15, 0.2) is 5.78 Å². The fourth-order valence-electron chi connectivity index (χ4n) is 2.30. The van der Waals surface area contributed by atoms with E-state index in [1.165, 1.54) is 13.1 Å². The molecule has 0 saturated heterocycles. The molecule has 2 aromatic rings. The summed E-state index contributed by atoms with van der Waals surface area (Å²) in [5.74, 6) is -0.644. The minimum atomic E-state index is -0.545. The number of benzene rings is 2. The van der Waals surface area contributed by atoms with E-state index < -0.39 is 5.91 Å². The van der Waals surface area contributed by atoms with Crippen molar-refractivity contribution in [3.63, 3.8) is 0 Å². The Bertz CT molecular complexity index is 881. The number of nitriles is 1. The van der Waals surface area contributed by atoms with Crippen molar-refractivity contribution in [2.45, 2.75) is 20.0 Å². The second-order valence-electron chi connectivity index (χ2n) is 5.67. The van der Waals surface area contributed by atoms with Crippen molar-refractivity contribution in [1.82, 2.24) is 5.32 Å². The van der Waals surface area contributed by atoms with Gasteiger partial charge in [0.05, 0.1) is 0 Å². The van der Waals surface area contributed by atoms with Crippen molar-refractivity contribution < 1.29 is 9.59 Å². The van der Waals surface area contributed by atoms with Crippen molar-refractivity contribution >= 4 is 17.4 Å². The zero-order chi connectivity index (χ0) is 18.9. The van der Waals surface area contributed by atoms with Crippen LogP contribution in [0.3, 0.4) is 0 Å². The summed E-state index contributed by atoms with van der Waals surface area (Å²) in [4.78, 5) is 23.6. The number of carbonyl (C=O) groups excluding carboxylic acids is 2. The lowest BCUT2D eigenvalue weighted by Gasteiger charge is -2.07. The Morgan fingerprint density at radius 1 is 1.15 bits per heavy atom. The molecule has 0 saturated carbocycles. The van der Waals surface area contributed by atoms with Crippen LogP contribution < -0.4 is 16.4 Å². The topological polar surface area (TPSA) is 108 Å². The summed E-state index contributed by atoms with van der Waals surface area (Å²) in [6.07, 6.45) is 1.37. The molecule has 132 valence electrons. The number of hydrogen-bond acceptors (Lipinski definition) is 5. The lowest BCUT2D eigenvalue weighted by atomic mass is 10.1. The minimum Gasteiger partial charge on any atom is -0.386 e. The lowest BCUT2D eigenvalue weighted by Crippen LogP contribution is -2.17. The summed E-state index contributed by atoms with van der Waals surface area (Å²) in [6.45, 7) is 2.37. The van der Waals surface area contributed by atoms with Crippen LogP contribution in [0.15, 0.2) is 60.3 Å². The quantitative estimate of drug-likeness (QED) is 0.405. The second-order valence-corrected chi connectivity index (χ2v) is 5.67. The second kappa shape index (κ2) is 9.16. The van der Waals surface area contributed by atoms with Gasteiger partial charge >= 0.3 is 0 Å². The number of Topliss-reactive ketones (excluding diaryl/α,β-unsaturated/α-hetero) is 1. The molecule has 1 amide bonds. The van der Waals surface area contributed by atoms with E-state index in [9.17, 15) is 14.9 Å². The number of amides is 1. The summed E-state index contributed by atoms with van der Waals surface area (Å²) < 4.78 is 0. The van der Waals surface area contributed by atoms with Gasteiger partial charge in [0.25, 0.3) is 5.91 Å². The Labute approximate surface area is 152 Å². The first-order valence-corrected chi connectivity index (χ1v) is 8.07. The molecular formula is C20H20N4O2. The third kappa shape index (κ3) is 5.30. The fourth-order valence-corrected chi connectivity index (χ4v) is 2.30. The standard InChI is InChI=1S/C20H20N4O2/c1-14(25)17-6-3-7-19(9-17)24-20(26)18(11-22)13-23-12-16-5-2-4-15(8-16)10-21/h2-9,13,23H,10,12,21H2,1H3,(H,24,26)/b18-13-. The molecule has 2 aromatic carbocycles. The molecule has 4 N–H and O–H groups in total. The van der Waals surface area contributed by atoms with Crippen LogP contribution in [0.25, 0.3) is 0 Å². The van der Waals surface area contributed by atoms with Gasteiger partial charge in [0.1, 0.15) is 11.6 Å². The van der Waals surface area contributed by atoms with Crippen molar-refractivity contribution in [2.75, 3.05) is 5.32 Å². The molecule has 6 nitrogen and oxygen atoms in total. The summed E-state index contributed by atoms with van der Waals surface area (Å²) in [7, 11) is 0. The molecule has 0 spiro atoms. The van der Waals surface area contributed by atoms with E-state index in [2.05, 4.69) is 10.6 Å². The molecule has 2 rings (SSSR count). The molecule has 0 aliphatic carbocycles. The highest BCUT2D eigenvalue weighted by Gasteiger charge is 2.10. The third-order valence-electron chi connectivity index (χ3n) is 3.67. The van der Waals surface area contributed by atoms with Gasteiger partial charge in [-0.05, 0) is 30.2 Å². The van der Waals surface area contributed by atoms with E-state index >= 15 is 0 Å². The first-order valence-electron chi connectivity index (χ1n) is 8.07. The van der Waals surface area contributed by atoms with Gasteiger partial charge in [-0.25, -0.2) is 0 Å². The largest absolute Gasteiger partial charge is 0.386 e. The number of hydrogen-bond donors (Lipinski definition) is 3. The minimum absolute atomic E-state index is 0.0618. The number of nitrogens with one attached hydrogen (secondary N) is 2. The zero-order valence-electron chi connectivity index (χ0n) is 14.5. The van der Waals surface area contributed by atoms with Gasteiger partial charge in [-0.2, -0.15) is 5.26 Å². The highest BCUT2D eigenvalue weighted by Crippen LogP contribution is 2.12. The van der Waals surface area contributed by atoms with Crippen molar-refractivity contribution in [3.05, 3.63) is 77.0 Å². The van der Waals surface area contributed by atoms with Gasteiger partial charge in [-0.15, -0.1) is 0 Å². The Hall–Kier alpha value is -3.43. The van der Waals surface area contributed by atoms with Gasteiger partial charge < -0.3 is 16.4 Å². The normalized spacial score (nSPS) is 10.7. The predicted molar refractivity (Wildman–Crippen MR) is 99.9 cm³/mol. The Morgan fingerprint density at radius 3 is 2.58 bits per heavy atom. The highest BCUT2D eigenvalue weighted by atomic mass is 16.1. The number of nitrogens with two attached hydrogens (primary N) is 1. The zero-order valence-corrected chi connectivity index (χ0v) is 14.5. The maximum absolute atomic E-state index is 12.2. The van der Waals surface area contributed by atoms with Crippen molar-refractivity contribution in [1.29, 1.82) is 5.26 Å². The molecule has 26 heavy (non-hydrogen) atoms. The summed E-state index contributed by atoms with van der Waals surface area (Å²) in [6, 6.07) is 16.2. The van der Waals surface area contributed by atoms with Gasteiger partial charge in [-0.3, -0.25) is 9.59 Å². The van der Waals surface area contributed by atoms with Gasteiger partial charge in [0, 0.05) is 30.5 Å². The van der Waals surface area contributed by atoms with Crippen LogP contribution in [0.2, 0.25) is 0 Å². The number of ketones is 1. The smallest absolute Gasteiger partial charge is 0.267 e. The van der Waals surface area contributed by atoms with Crippen LogP contribution in [-0.4, -0.2) is 11.7 Å². The average Bonchev–Trinajstić information content (AvgIpc) is 2.65. The van der Waals surface area contributed by atoms with E-state index in [4.69, 9.17) is 5.73 Å². The Kier molecular flexibility index (Phi) is 6.66. The molecule has 0 atom stereocenters. The van der Waals surface area contributed by atoms with Crippen LogP contribution in [0.5, 0.6) is 0 Å². The predicted octanol–water partition coefficient (Wildman–Crippen LogP) is 2.48. The molecule has 0 aliphatic rings. The van der Waals surface area contributed by atoms with E-state index in [-0.39, 0.29) is 11.4 Å². The number of anilines is 1. The van der Waals surface area contributed by atoms with Crippen LogP contribution in [-0.2, 0) is 17.9 Å². The molecule has 0 bridgehead atoms. The maximum Gasteiger partial charge on any atom is 0.267 e. The Balaban J connectivity index is 2.01. The lowest BCUT2D eigenvalue weighted by molar-refractivity contribution is -0.112. The molecule has 0 radical (unpaired) electrons. The van der Waals surface area contributed by atoms with Gasteiger partial charge in [-0.1, -0.05) is 36.4 Å². The maximum atomic E-state index is 12.2. The summed E-state index contributed by atoms with van der Waals surface area (Å²) in [5.41, 5.74) is 8.50. The molecule has 0 unspecified atom stereocenters. The molecule has 6 heteroatoms. The first kappa shape index (κ1) is 18.9. The average molecular weight is 348 g/mol. The number of nitrogens with zero attached hydrogens (tertiary/aromatic N) is 1. The monoisotopic (exact) mass is 348 g/mol. The van der Waals surface area contributed by atoms with Crippen LogP contribution in [0.1, 0.15) is 28.4 Å². The molecule has 0 heterocycles. The van der Waals surface area contributed by atoms with E-state index in [0.717, 1.165) is 11.1 Å². The molecule has 0 aliphatic heterocycles. The Morgan fingerprint density at radius 2 is 1.88 bits per heavy atom. The number of rotatable bonds is 7. The van der Waals surface area contributed by atoms with Crippen molar-refractivity contribution in [3.8, 4) is 6.07 Å². The molecule has 0 fully saturated rings. The van der Waals surface area contributed by atoms with Crippen LogP contribution >= 0.6 is 0 Å². The fraction of sp³-hybridized carbons (Fsp3) is 0.150. The number of carbonyl (C=O) groups is 2. The van der Waals surface area contributed by atoms with Crippen LogP contribution in [0, 0.1) is 11.3 Å². The van der Waals surface area contributed by atoms with E-state index in [0.29, 0.717) is 24.3 Å². The highest BCUT2D eigenvalue weighted by molar-refractivity contribution is 6.07. The SMILES string of the molecule is CC(=O)c1cccc(NC(=O)/C(C#N)=C\NCc2cccc(CN)c2)c1. The van der Waals surface area contributed by atoms with Crippen LogP contribution in [0.4, 0.5) is 5.69 Å². The third-order valence-corrected chi connectivity index (χ3v) is 3.67. The van der Waals surface area contributed by atoms with Crippen molar-refractivity contribution in [2.24, 2.45) is 5.73 Å². The van der Waals surface area contributed by atoms with E-state index in [1.807, 2.05) is 30.3 Å². The first-order chi connectivity index (χ1) is 12.5. The molecule has 0 aromatic heterocycles. The van der Waals surface area contributed by atoms with E-state index in [1.54, 1.807) is 24.3 Å². The summed E-state index contributed by atoms with van der Waals surface area (Å²) in [5, 5.41) is 14.8. The summed E-state index contributed by atoms with van der Waals surface area (Å²) >= 11 is 0. The van der Waals surface area contributed by atoms with Gasteiger partial charge in [0.2, 0.25) is 0 Å².